The Morgan fingerprint density at radius 2 is 2.13 bits per heavy atom. The molecule has 2 N–H and O–H groups in total. The molecule has 23 heavy (non-hydrogen) atoms. The first-order valence-corrected chi connectivity index (χ1v) is 8.74. The summed E-state index contributed by atoms with van der Waals surface area (Å²) in [5.41, 5.74) is 7.76. The average molecular weight is 330 g/mol. The Bertz CT molecular complexity index is 658. The van der Waals surface area contributed by atoms with Gasteiger partial charge in [-0.2, -0.15) is 0 Å². The van der Waals surface area contributed by atoms with Gasteiger partial charge >= 0.3 is 0 Å². The van der Waals surface area contributed by atoms with Crippen LogP contribution in [-0.4, -0.2) is 47.4 Å². The van der Waals surface area contributed by atoms with Crippen molar-refractivity contribution in [2.45, 2.75) is 18.9 Å². The number of carbonyl (C=O) groups is 1. The lowest BCUT2D eigenvalue weighted by atomic mass is 10.0. The summed E-state index contributed by atoms with van der Waals surface area (Å²) in [6, 6.07) is 10.4. The first-order chi connectivity index (χ1) is 11.1. The minimum absolute atomic E-state index is 0.128. The summed E-state index contributed by atoms with van der Waals surface area (Å²) in [7, 11) is 2.11. The van der Waals surface area contributed by atoms with Crippen molar-refractivity contribution in [2.75, 3.05) is 32.4 Å². The highest BCUT2D eigenvalue weighted by molar-refractivity contribution is 7.13. The van der Waals surface area contributed by atoms with Crippen LogP contribution in [0.25, 0.3) is 0 Å². The van der Waals surface area contributed by atoms with E-state index in [0.717, 1.165) is 25.3 Å². The van der Waals surface area contributed by atoms with Crippen molar-refractivity contribution in [3.8, 4) is 0 Å². The van der Waals surface area contributed by atoms with E-state index in [-0.39, 0.29) is 11.9 Å². The number of benzene rings is 1. The van der Waals surface area contributed by atoms with Gasteiger partial charge < -0.3 is 15.5 Å². The lowest BCUT2D eigenvalue weighted by molar-refractivity contribution is -0.136. The van der Waals surface area contributed by atoms with Crippen molar-refractivity contribution in [2.24, 2.45) is 0 Å². The second-order valence-electron chi connectivity index (χ2n) is 5.95. The normalized spacial score (nSPS) is 19.0. The number of hydrogen-bond acceptors (Lipinski definition) is 5. The maximum Gasteiger partial charge on any atom is 0.223 e. The number of carbonyl (C=O) groups excluding carboxylic acids is 1. The zero-order chi connectivity index (χ0) is 16.2. The Kier molecular flexibility index (Phi) is 4.93. The molecule has 0 radical (unpaired) electrons. The third kappa shape index (κ3) is 3.89. The molecule has 6 heteroatoms. The maximum absolute atomic E-state index is 12.7. The molecule has 1 amide bonds. The van der Waals surface area contributed by atoms with E-state index in [4.69, 9.17) is 5.73 Å². The number of amides is 1. The number of aryl methyl sites for hydroxylation is 1. The van der Waals surface area contributed by atoms with Crippen molar-refractivity contribution in [1.29, 1.82) is 0 Å². The fourth-order valence-corrected chi connectivity index (χ4v) is 3.59. The zero-order valence-corrected chi connectivity index (χ0v) is 14.1. The van der Waals surface area contributed by atoms with E-state index in [1.807, 2.05) is 28.5 Å². The molecule has 1 aromatic heterocycles. The summed E-state index contributed by atoms with van der Waals surface area (Å²) in [4.78, 5) is 21.3. The number of piperazine rings is 1. The summed E-state index contributed by atoms with van der Waals surface area (Å²) in [5.74, 6) is 0.193. The van der Waals surface area contributed by atoms with Gasteiger partial charge in [0.25, 0.3) is 0 Å². The van der Waals surface area contributed by atoms with Crippen LogP contribution < -0.4 is 5.73 Å². The number of likely N-dealkylation sites (N-methyl/N-ethyl adjacent to an activating group) is 1. The van der Waals surface area contributed by atoms with E-state index < -0.39 is 0 Å². The highest BCUT2D eigenvalue weighted by Crippen LogP contribution is 2.26. The van der Waals surface area contributed by atoms with Gasteiger partial charge in [0, 0.05) is 31.4 Å². The number of anilines is 1. The van der Waals surface area contributed by atoms with E-state index >= 15 is 0 Å². The number of hydrogen-bond donors (Lipinski definition) is 1. The average Bonchev–Trinajstić information content (AvgIpc) is 2.99. The van der Waals surface area contributed by atoms with Crippen molar-refractivity contribution in [3.05, 3.63) is 47.0 Å². The highest BCUT2D eigenvalue weighted by atomic mass is 32.1. The summed E-state index contributed by atoms with van der Waals surface area (Å²) in [6.07, 6.45) is 1.14. The van der Waals surface area contributed by atoms with Crippen LogP contribution >= 0.6 is 11.3 Å². The van der Waals surface area contributed by atoms with E-state index in [0.29, 0.717) is 18.0 Å². The first kappa shape index (κ1) is 16.0. The van der Waals surface area contributed by atoms with Gasteiger partial charge in [0.2, 0.25) is 5.91 Å². The second-order valence-corrected chi connectivity index (χ2v) is 6.84. The summed E-state index contributed by atoms with van der Waals surface area (Å²) in [5, 5.41) is 2.50. The van der Waals surface area contributed by atoms with Crippen LogP contribution in [0.4, 0.5) is 5.13 Å². The predicted octanol–water partition coefficient (Wildman–Crippen LogP) is 2.17. The van der Waals surface area contributed by atoms with E-state index in [2.05, 4.69) is 29.1 Å². The Labute approximate surface area is 140 Å². The largest absolute Gasteiger partial charge is 0.375 e. The van der Waals surface area contributed by atoms with Gasteiger partial charge in [0.05, 0.1) is 11.7 Å². The standard InChI is InChI=1S/C17H22N4OS/c1-20-9-10-21(15(11-20)13-5-3-2-4-6-13)16(22)8-7-14-12-23-17(18)19-14/h2-6,12,15H,7-11H2,1H3,(H2,18,19)/t15-/m1/s1. The molecule has 3 rings (SSSR count). The van der Waals surface area contributed by atoms with Crippen LogP contribution in [0.2, 0.25) is 0 Å². The van der Waals surface area contributed by atoms with E-state index in [1.165, 1.54) is 16.9 Å². The van der Waals surface area contributed by atoms with Gasteiger partial charge in [-0.3, -0.25) is 4.79 Å². The van der Waals surface area contributed by atoms with Gasteiger partial charge in [-0.25, -0.2) is 4.98 Å². The number of aromatic nitrogens is 1. The molecule has 1 aromatic carbocycles. The van der Waals surface area contributed by atoms with Crippen LogP contribution in [0, 0.1) is 0 Å². The molecule has 1 aliphatic rings. The molecule has 2 heterocycles. The third-order valence-electron chi connectivity index (χ3n) is 4.25. The predicted molar refractivity (Wildman–Crippen MR) is 93.2 cm³/mol. The minimum Gasteiger partial charge on any atom is -0.375 e. The molecule has 1 atom stereocenters. The number of nitrogen functional groups attached to an aromatic ring is 1. The number of nitrogens with zero attached hydrogens (tertiary/aromatic N) is 3. The summed E-state index contributed by atoms with van der Waals surface area (Å²) >= 11 is 1.42. The zero-order valence-electron chi connectivity index (χ0n) is 13.3. The number of nitrogens with two attached hydrogens (primary N) is 1. The van der Waals surface area contributed by atoms with Crippen LogP contribution in [0.3, 0.4) is 0 Å². The molecule has 0 aliphatic carbocycles. The van der Waals surface area contributed by atoms with E-state index in [9.17, 15) is 4.79 Å². The van der Waals surface area contributed by atoms with Crippen LogP contribution in [0.15, 0.2) is 35.7 Å². The van der Waals surface area contributed by atoms with Crippen LogP contribution in [-0.2, 0) is 11.2 Å². The summed E-state index contributed by atoms with van der Waals surface area (Å²) in [6.45, 7) is 2.56. The minimum atomic E-state index is 0.128. The van der Waals surface area contributed by atoms with Crippen molar-refractivity contribution in [1.82, 2.24) is 14.8 Å². The molecule has 0 bridgehead atoms. The molecule has 1 aliphatic heterocycles. The SMILES string of the molecule is CN1CCN(C(=O)CCc2csc(N)n2)[C@@H](c2ccccc2)C1. The fourth-order valence-electron chi connectivity index (χ4n) is 2.99. The highest BCUT2D eigenvalue weighted by Gasteiger charge is 2.29. The van der Waals surface area contributed by atoms with Crippen molar-refractivity contribution in [3.63, 3.8) is 0 Å². The van der Waals surface area contributed by atoms with Gasteiger partial charge in [-0.1, -0.05) is 30.3 Å². The van der Waals surface area contributed by atoms with Gasteiger partial charge in [-0.15, -0.1) is 11.3 Å². The molecular formula is C17H22N4OS. The Hall–Kier alpha value is -1.92. The van der Waals surface area contributed by atoms with Crippen molar-refractivity contribution >= 4 is 22.4 Å². The smallest absolute Gasteiger partial charge is 0.223 e. The Morgan fingerprint density at radius 1 is 1.35 bits per heavy atom. The third-order valence-corrected chi connectivity index (χ3v) is 4.98. The van der Waals surface area contributed by atoms with E-state index in [1.54, 1.807) is 0 Å². The quantitative estimate of drug-likeness (QED) is 0.933. The first-order valence-electron chi connectivity index (χ1n) is 7.86. The number of rotatable bonds is 4. The number of thiazole rings is 1. The second kappa shape index (κ2) is 7.10. The van der Waals surface area contributed by atoms with Gasteiger partial charge in [0.1, 0.15) is 0 Å². The molecule has 2 aromatic rings. The van der Waals surface area contributed by atoms with Crippen LogP contribution in [0.5, 0.6) is 0 Å². The topological polar surface area (TPSA) is 62.5 Å². The Balaban J connectivity index is 1.69. The molecule has 1 fully saturated rings. The lowest BCUT2D eigenvalue weighted by Crippen LogP contribution is -2.49. The molecule has 122 valence electrons. The molecule has 0 saturated carbocycles. The molecule has 0 unspecified atom stereocenters. The molecule has 0 spiro atoms. The van der Waals surface area contributed by atoms with Gasteiger partial charge in [-0.05, 0) is 19.0 Å². The fraction of sp³-hybridized carbons (Fsp3) is 0.412. The lowest BCUT2D eigenvalue weighted by Gasteiger charge is -2.40. The molecule has 1 saturated heterocycles. The molecular weight excluding hydrogens is 308 g/mol. The molecule has 5 nitrogen and oxygen atoms in total. The van der Waals surface area contributed by atoms with Crippen LogP contribution in [0.1, 0.15) is 23.7 Å². The Morgan fingerprint density at radius 3 is 2.83 bits per heavy atom. The monoisotopic (exact) mass is 330 g/mol. The van der Waals surface area contributed by atoms with Gasteiger partial charge in [0.15, 0.2) is 5.13 Å². The van der Waals surface area contributed by atoms with Crippen molar-refractivity contribution < 1.29 is 4.79 Å². The summed E-state index contributed by atoms with van der Waals surface area (Å²) < 4.78 is 0. The maximum atomic E-state index is 12.7.